The van der Waals surface area contributed by atoms with Crippen LogP contribution >= 0.6 is 0 Å². The first-order valence-corrected chi connectivity index (χ1v) is 14.5. The monoisotopic (exact) mass is 552 g/mol. The zero-order valence-corrected chi connectivity index (χ0v) is 23.7. The molecule has 3 heterocycles. The fourth-order valence-electron chi connectivity index (χ4n) is 5.83. The molecule has 7 rings (SSSR count). The van der Waals surface area contributed by atoms with Crippen LogP contribution in [0.4, 0.5) is 22.9 Å². The maximum atomic E-state index is 10.6. The van der Waals surface area contributed by atoms with Gasteiger partial charge in [0.1, 0.15) is 5.75 Å². The van der Waals surface area contributed by atoms with E-state index >= 15 is 0 Å². The number of benzene rings is 4. The second kappa shape index (κ2) is 10.7. The molecule has 0 saturated heterocycles. The molecular formula is C35H32N6O. The van der Waals surface area contributed by atoms with Crippen LogP contribution in [0.1, 0.15) is 48.2 Å². The molecule has 2 N–H and O–H groups in total. The molecule has 1 atom stereocenters. The van der Waals surface area contributed by atoms with Crippen LogP contribution in [-0.4, -0.2) is 26.6 Å². The summed E-state index contributed by atoms with van der Waals surface area (Å²) in [6.07, 6.45) is 3.42. The van der Waals surface area contributed by atoms with Gasteiger partial charge in [-0.25, -0.2) is 14.7 Å². The van der Waals surface area contributed by atoms with E-state index in [0.29, 0.717) is 11.7 Å². The maximum Gasteiger partial charge on any atom is 0.179 e. The number of unbranched alkanes of at least 4 members (excludes halogenated alkanes) is 1. The average Bonchev–Trinajstić information content (AvgIpc) is 3.36. The summed E-state index contributed by atoms with van der Waals surface area (Å²) in [4.78, 5) is 12.6. The molecule has 7 nitrogen and oxygen atoms in total. The molecule has 208 valence electrons. The largest absolute Gasteiger partial charge is 0.508 e. The number of phenols is 1. The van der Waals surface area contributed by atoms with Crippen molar-refractivity contribution >= 4 is 34.6 Å². The maximum absolute atomic E-state index is 10.6. The Morgan fingerprint density at radius 2 is 1.64 bits per heavy atom. The van der Waals surface area contributed by atoms with Crippen molar-refractivity contribution in [2.75, 3.05) is 10.2 Å². The summed E-state index contributed by atoms with van der Waals surface area (Å²) in [5, 5.41) is 19.1. The summed E-state index contributed by atoms with van der Waals surface area (Å²) in [6, 6.07) is 33.9. The van der Waals surface area contributed by atoms with Crippen LogP contribution in [0.25, 0.3) is 5.69 Å². The van der Waals surface area contributed by atoms with Gasteiger partial charge in [0, 0.05) is 11.3 Å². The van der Waals surface area contributed by atoms with E-state index in [0.717, 1.165) is 51.8 Å². The van der Waals surface area contributed by atoms with Gasteiger partial charge in [0.05, 0.1) is 28.8 Å². The lowest BCUT2D eigenvalue weighted by Gasteiger charge is -2.40. The van der Waals surface area contributed by atoms with Gasteiger partial charge in [-0.05, 0) is 79.4 Å². The molecule has 0 radical (unpaired) electrons. The van der Waals surface area contributed by atoms with Gasteiger partial charge < -0.3 is 15.3 Å². The first-order chi connectivity index (χ1) is 20.6. The summed E-state index contributed by atoms with van der Waals surface area (Å²) in [6.45, 7) is 4.24. The molecule has 42 heavy (non-hydrogen) atoms. The Morgan fingerprint density at radius 3 is 2.43 bits per heavy atom. The number of amidine groups is 2. The van der Waals surface area contributed by atoms with Crippen LogP contribution in [0.15, 0.2) is 113 Å². The van der Waals surface area contributed by atoms with E-state index in [9.17, 15) is 5.11 Å². The molecule has 7 heteroatoms. The third-order valence-corrected chi connectivity index (χ3v) is 7.86. The lowest BCUT2D eigenvalue weighted by molar-refractivity contribution is 0.474. The fraction of sp³-hybridized carbons (Fsp3) is 0.171. The van der Waals surface area contributed by atoms with Crippen LogP contribution in [0.2, 0.25) is 0 Å². The van der Waals surface area contributed by atoms with E-state index in [4.69, 9.17) is 15.1 Å². The highest BCUT2D eigenvalue weighted by Crippen LogP contribution is 2.48. The molecular weight excluding hydrogens is 520 g/mol. The fourth-order valence-corrected chi connectivity index (χ4v) is 5.83. The number of hydrogen-bond acceptors (Lipinski definition) is 6. The first kappa shape index (κ1) is 25.8. The molecule has 2 aliphatic heterocycles. The number of hydrogen-bond donors (Lipinski definition) is 2. The van der Waals surface area contributed by atoms with Crippen molar-refractivity contribution in [1.82, 2.24) is 9.78 Å². The molecule has 0 fully saturated rings. The zero-order valence-electron chi connectivity index (χ0n) is 23.7. The minimum Gasteiger partial charge on any atom is -0.508 e. The topological polar surface area (TPSA) is 78.0 Å². The van der Waals surface area contributed by atoms with E-state index in [1.165, 1.54) is 18.4 Å². The van der Waals surface area contributed by atoms with Crippen LogP contribution in [0.3, 0.4) is 0 Å². The van der Waals surface area contributed by atoms with Gasteiger partial charge in [-0.3, -0.25) is 0 Å². The second-order valence-electron chi connectivity index (χ2n) is 10.7. The number of nitrogens with one attached hydrogen (secondary N) is 1. The minimum atomic E-state index is -0.290. The number of nitrogens with zero attached hydrogens (tertiary/aromatic N) is 5. The van der Waals surface area contributed by atoms with Crippen molar-refractivity contribution in [1.29, 1.82) is 0 Å². The highest BCUT2D eigenvalue weighted by atomic mass is 16.3. The highest BCUT2D eigenvalue weighted by molar-refractivity contribution is 6.51. The molecule has 1 aromatic heterocycles. The van der Waals surface area contributed by atoms with Gasteiger partial charge in [-0.2, -0.15) is 5.10 Å². The molecule has 0 amide bonds. The van der Waals surface area contributed by atoms with Crippen LogP contribution < -0.4 is 10.2 Å². The lowest BCUT2D eigenvalue weighted by atomic mass is 9.93. The Hall–Kier alpha value is -5.17. The van der Waals surface area contributed by atoms with Crippen LogP contribution in [0.5, 0.6) is 5.75 Å². The normalized spacial score (nSPS) is 15.3. The average molecular weight is 553 g/mol. The third kappa shape index (κ3) is 4.53. The van der Waals surface area contributed by atoms with Crippen molar-refractivity contribution in [3.63, 3.8) is 0 Å². The van der Waals surface area contributed by atoms with Gasteiger partial charge >= 0.3 is 0 Å². The Kier molecular flexibility index (Phi) is 6.55. The van der Waals surface area contributed by atoms with Crippen molar-refractivity contribution in [3.05, 3.63) is 126 Å². The Labute approximate surface area is 245 Å². The second-order valence-corrected chi connectivity index (χ2v) is 10.7. The van der Waals surface area contributed by atoms with E-state index in [-0.39, 0.29) is 11.8 Å². The van der Waals surface area contributed by atoms with E-state index in [1.54, 1.807) is 6.07 Å². The minimum absolute atomic E-state index is 0.215. The van der Waals surface area contributed by atoms with Gasteiger partial charge in [-0.1, -0.05) is 67.9 Å². The van der Waals surface area contributed by atoms with Crippen LogP contribution in [0, 0.1) is 6.92 Å². The number of para-hydroxylation sites is 3. The number of fused-ring (bicyclic) bond motifs is 4. The molecule has 2 aliphatic rings. The summed E-state index contributed by atoms with van der Waals surface area (Å²) >= 11 is 0. The molecule has 4 aromatic carbocycles. The SMILES string of the molecule is CCCCc1ccc(NC2=Nc3ccccc3N3C2=Nc2c(c(C)nn2-c2ccccc2)C3c2cccc(O)c2)cc1. The number of aromatic hydroxyl groups is 1. The van der Waals surface area contributed by atoms with Crippen molar-refractivity contribution in [2.45, 2.75) is 39.2 Å². The van der Waals surface area contributed by atoms with E-state index in [2.05, 4.69) is 47.5 Å². The number of phenolic OH excluding ortho intramolecular Hbond substituents is 1. The summed E-state index contributed by atoms with van der Waals surface area (Å²) in [5.74, 6) is 2.32. The van der Waals surface area contributed by atoms with Crippen LogP contribution in [-0.2, 0) is 6.42 Å². The molecule has 0 aliphatic carbocycles. The van der Waals surface area contributed by atoms with Crippen molar-refractivity contribution < 1.29 is 5.11 Å². The highest BCUT2D eigenvalue weighted by Gasteiger charge is 2.41. The molecule has 0 spiro atoms. The quantitative estimate of drug-likeness (QED) is 0.224. The third-order valence-electron chi connectivity index (χ3n) is 7.86. The Morgan fingerprint density at radius 1 is 0.857 bits per heavy atom. The Bertz CT molecular complexity index is 1820. The smallest absolute Gasteiger partial charge is 0.179 e. The van der Waals surface area contributed by atoms with Crippen molar-refractivity contribution in [2.24, 2.45) is 9.98 Å². The first-order valence-electron chi connectivity index (χ1n) is 14.5. The van der Waals surface area contributed by atoms with Gasteiger partial charge in [0.25, 0.3) is 0 Å². The van der Waals surface area contributed by atoms with E-state index in [1.807, 2.05) is 78.3 Å². The number of aromatic nitrogens is 2. The number of rotatable bonds is 6. The molecule has 1 unspecified atom stereocenters. The lowest BCUT2D eigenvalue weighted by Crippen LogP contribution is -2.46. The van der Waals surface area contributed by atoms with Gasteiger partial charge in [-0.15, -0.1) is 0 Å². The standard InChI is InChI=1S/C35H32N6O/c1-3-4-11-24-18-20-26(21-19-24)36-33-35-38-34-31(23(2)39-41(34)27-13-6-5-7-14-27)32(25-12-10-15-28(42)22-25)40(35)30-17-9-8-16-29(30)37-33/h5-10,12-22,32,42H,3-4,11H2,1-2H3,(H,36,37). The molecule has 0 bridgehead atoms. The number of aliphatic imine (C=N–C) groups is 2. The molecule has 0 saturated carbocycles. The zero-order chi connectivity index (χ0) is 28.6. The molecule has 5 aromatic rings. The van der Waals surface area contributed by atoms with Gasteiger partial charge in [0.15, 0.2) is 17.5 Å². The predicted molar refractivity (Wildman–Crippen MR) is 170 cm³/mol. The summed E-state index contributed by atoms with van der Waals surface area (Å²) < 4.78 is 1.91. The van der Waals surface area contributed by atoms with E-state index < -0.39 is 0 Å². The number of aryl methyl sites for hydroxylation is 2. The summed E-state index contributed by atoms with van der Waals surface area (Å²) in [5.41, 5.74) is 7.80. The predicted octanol–water partition coefficient (Wildman–Crippen LogP) is 8.02. The Balaban J connectivity index is 1.42. The van der Waals surface area contributed by atoms with Crippen molar-refractivity contribution in [3.8, 4) is 11.4 Å². The number of anilines is 2. The summed E-state index contributed by atoms with van der Waals surface area (Å²) in [7, 11) is 0. The van der Waals surface area contributed by atoms with Gasteiger partial charge in [0.2, 0.25) is 0 Å².